The zero-order valence-electron chi connectivity index (χ0n) is 16.7. The van der Waals surface area contributed by atoms with Crippen molar-refractivity contribution in [3.63, 3.8) is 0 Å². The molecule has 1 aliphatic heterocycles. The monoisotopic (exact) mass is 401 g/mol. The Bertz CT molecular complexity index is 790. The van der Waals surface area contributed by atoms with E-state index in [0.29, 0.717) is 30.9 Å². The van der Waals surface area contributed by atoms with Crippen molar-refractivity contribution < 1.29 is 23.8 Å². The summed E-state index contributed by atoms with van der Waals surface area (Å²) in [7, 11) is 0. The quantitative estimate of drug-likeness (QED) is 0.618. The van der Waals surface area contributed by atoms with Crippen LogP contribution >= 0.6 is 0 Å². The van der Waals surface area contributed by atoms with Gasteiger partial charge in [0.05, 0.1) is 6.10 Å². The van der Waals surface area contributed by atoms with Gasteiger partial charge < -0.3 is 14.6 Å². The molecule has 29 heavy (non-hydrogen) atoms. The van der Waals surface area contributed by atoms with Gasteiger partial charge in [0.2, 0.25) is 0 Å². The highest BCUT2D eigenvalue weighted by Crippen LogP contribution is 2.17. The third kappa shape index (κ3) is 6.92. The van der Waals surface area contributed by atoms with Gasteiger partial charge in [-0.1, -0.05) is 24.3 Å². The van der Waals surface area contributed by atoms with E-state index in [4.69, 9.17) is 9.47 Å². The number of benzene rings is 2. The third-order valence-corrected chi connectivity index (χ3v) is 4.96. The van der Waals surface area contributed by atoms with Gasteiger partial charge in [-0.2, -0.15) is 0 Å². The Morgan fingerprint density at radius 1 is 1.31 bits per heavy atom. The van der Waals surface area contributed by atoms with Crippen LogP contribution in [0, 0.1) is 5.82 Å². The molecule has 1 heterocycles. The fraction of sp³-hybridized carbons (Fsp3) is 0.435. The molecule has 1 N–H and O–H groups in total. The van der Waals surface area contributed by atoms with Gasteiger partial charge in [-0.3, -0.25) is 9.69 Å². The van der Waals surface area contributed by atoms with E-state index in [-0.39, 0.29) is 24.3 Å². The van der Waals surface area contributed by atoms with Crippen molar-refractivity contribution in [3.05, 3.63) is 65.5 Å². The molecule has 5 nitrogen and oxygen atoms in total. The zero-order valence-corrected chi connectivity index (χ0v) is 16.7. The highest BCUT2D eigenvalue weighted by Gasteiger charge is 2.21. The lowest BCUT2D eigenvalue weighted by molar-refractivity contribution is 0.0313. The van der Waals surface area contributed by atoms with Gasteiger partial charge in [0.25, 0.3) is 0 Å². The zero-order chi connectivity index (χ0) is 20.6. The van der Waals surface area contributed by atoms with E-state index in [9.17, 15) is 14.3 Å². The second-order valence-corrected chi connectivity index (χ2v) is 7.50. The second-order valence-electron chi connectivity index (χ2n) is 7.50. The third-order valence-electron chi connectivity index (χ3n) is 4.96. The summed E-state index contributed by atoms with van der Waals surface area (Å²) in [6.07, 6.45) is 1.49. The fourth-order valence-corrected chi connectivity index (χ4v) is 3.48. The van der Waals surface area contributed by atoms with Crippen LogP contribution in [0.15, 0.2) is 48.5 Å². The Balaban J connectivity index is 1.57. The standard InChI is InChI=1S/C23H28FNO4/c1-17(26)19-4-2-5-22(12-19)29-16-21(27)14-25(15-23-6-3-11-28-23)13-18-7-9-20(24)10-8-18/h2,4-5,7-10,12,21,23,27H,3,6,11,13-16H2,1H3. The van der Waals surface area contributed by atoms with E-state index in [2.05, 4.69) is 4.90 Å². The molecular formula is C23H28FNO4. The van der Waals surface area contributed by atoms with Gasteiger partial charge in [-0.15, -0.1) is 0 Å². The van der Waals surface area contributed by atoms with Crippen LogP contribution in [0.5, 0.6) is 5.75 Å². The Labute approximate surface area is 171 Å². The molecule has 0 aliphatic carbocycles. The van der Waals surface area contributed by atoms with Crippen LogP contribution in [0.4, 0.5) is 4.39 Å². The Kier molecular flexibility index (Phi) is 7.75. The Morgan fingerprint density at radius 3 is 2.79 bits per heavy atom. The molecule has 1 saturated heterocycles. The minimum absolute atomic E-state index is 0.0296. The Hall–Kier alpha value is -2.28. The molecule has 0 bridgehead atoms. The first-order valence-corrected chi connectivity index (χ1v) is 10.00. The predicted molar refractivity (Wildman–Crippen MR) is 109 cm³/mol. The van der Waals surface area contributed by atoms with E-state index in [0.717, 1.165) is 25.0 Å². The maximum atomic E-state index is 13.2. The van der Waals surface area contributed by atoms with Gasteiger partial charge >= 0.3 is 0 Å². The summed E-state index contributed by atoms with van der Waals surface area (Å²) in [5, 5.41) is 10.5. The summed E-state index contributed by atoms with van der Waals surface area (Å²) in [6.45, 7) is 4.10. The first kappa shape index (κ1) is 21.4. The average Bonchev–Trinajstić information content (AvgIpc) is 3.21. The van der Waals surface area contributed by atoms with Crippen LogP contribution in [-0.4, -0.2) is 54.3 Å². The number of nitrogens with zero attached hydrogens (tertiary/aromatic N) is 1. The maximum absolute atomic E-state index is 13.2. The molecule has 1 aliphatic rings. The number of ether oxygens (including phenoxy) is 2. The van der Waals surface area contributed by atoms with Crippen molar-refractivity contribution in [3.8, 4) is 5.75 Å². The topological polar surface area (TPSA) is 59.0 Å². The highest BCUT2D eigenvalue weighted by molar-refractivity contribution is 5.94. The average molecular weight is 401 g/mol. The molecule has 156 valence electrons. The maximum Gasteiger partial charge on any atom is 0.159 e. The number of aliphatic hydroxyl groups excluding tert-OH is 1. The van der Waals surface area contributed by atoms with Crippen LogP contribution in [0.25, 0.3) is 0 Å². The number of hydrogen-bond donors (Lipinski definition) is 1. The number of hydrogen-bond acceptors (Lipinski definition) is 5. The van der Waals surface area contributed by atoms with Crippen molar-refractivity contribution in [2.75, 3.05) is 26.3 Å². The number of carbonyl (C=O) groups is 1. The van der Waals surface area contributed by atoms with Crippen molar-refractivity contribution in [1.29, 1.82) is 0 Å². The van der Waals surface area contributed by atoms with Crippen molar-refractivity contribution in [1.82, 2.24) is 4.90 Å². The van der Waals surface area contributed by atoms with Gasteiger partial charge in [0.15, 0.2) is 5.78 Å². The van der Waals surface area contributed by atoms with E-state index < -0.39 is 6.10 Å². The van der Waals surface area contributed by atoms with E-state index in [1.807, 2.05) is 0 Å². The second kappa shape index (κ2) is 10.5. The van der Waals surface area contributed by atoms with Gasteiger partial charge in [-0.05, 0) is 49.6 Å². The van der Waals surface area contributed by atoms with Crippen LogP contribution in [-0.2, 0) is 11.3 Å². The lowest BCUT2D eigenvalue weighted by Gasteiger charge is -2.27. The van der Waals surface area contributed by atoms with Crippen molar-refractivity contribution >= 4 is 5.78 Å². The number of carbonyl (C=O) groups excluding carboxylic acids is 1. The first-order valence-electron chi connectivity index (χ1n) is 10.00. The molecule has 2 aromatic carbocycles. The fourth-order valence-electron chi connectivity index (χ4n) is 3.48. The molecule has 6 heteroatoms. The van der Waals surface area contributed by atoms with Crippen LogP contribution in [0.3, 0.4) is 0 Å². The van der Waals surface area contributed by atoms with E-state index in [1.54, 1.807) is 36.4 Å². The number of aliphatic hydroxyl groups is 1. The highest BCUT2D eigenvalue weighted by atomic mass is 19.1. The SMILES string of the molecule is CC(=O)c1cccc(OCC(O)CN(Cc2ccc(F)cc2)CC2CCCO2)c1. The summed E-state index contributed by atoms with van der Waals surface area (Å²) in [4.78, 5) is 13.6. The Morgan fingerprint density at radius 2 is 2.10 bits per heavy atom. The molecule has 2 atom stereocenters. The van der Waals surface area contributed by atoms with Crippen LogP contribution in [0.1, 0.15) is 35.7 Å². The predicted octanol–water partition coefficient (Wildman–Crippen LogP) is 3.45. The number of Topliss-reactive ketones (excluding diaryl/α,β-unsaturated/α-hetero) is 1. The normalized spacial score (nSPS) is 17.4. The number of ketones is 1. The minimum atomic E-state index is -0.710. The van der Waals surface area contributed by atoms with Crippen molar-refractivity contribution in [2.45, 2.75) is 38.5 Å². The summed E-state index contributed by atoms with van der Waals surface area (Å²) in [6, 6.07) is 13.3. The largest absolute Gasteiger partial charge is 0.491 e. The lowest BCUT2D eigenvalue weighted by atomic mass is 10.1. The molecule has 1 fully saturated rings. The molecule has 2 aromatic rings. The van der Waals surface area contributed by atoms with Gasteiger partial charge in [0, 0.05) is 31.8 Å². The van der Waals surface area contributed by atoms with Gasteiger partial charge in [-0.25, -0.2) is 4.39 Å². The molecule has 0 aromatic heterocycles. The van der Waals surface area contributed by atoms with Crippen LogP contribution in [0.2, 0.25) is 0 Å². The van der Waals surface area contributed by atoms with Crippen LogP contribution < -0.4 is 4.74 Å². The van der Waals surface area contributed by atoms with Gasteiger partial charge in [0.1, 0.15) is 24.3 Å². The van der Waals surface area contributed by atoms with Crippen molar-refractivity contribution in [2.24, 2.45) is 0 Å². The molecular weight excluding hydrogens is 373 g/mol. The number of halogens is 1. The molecule has 0 amide bonds. The summed E-state index contributed by atoms with van der Waals surface area (Å²) < 4.78 is 24.6. The summed E-state index contributed by atoms with van der Waals surface area (Å²) >= 11 is 0. The molecule has 0 saturated carbocycles. The minimum Gasteiger partial charge on any atom is -0.491 e. The molecule has 2 unspecified atom stereocenters. The summed E-state index contributed by atoms with van der Waals surface area (Å²) in [5.74, 6) is 0.264. The lowest BCUT2D eigenvalue weighted by Crippen LogP contribution is -2.39. The molecule has 0 radical (unpaired) electrons. The molecule has 3 rings (SSSR count). The number of rotatable bonds is 10. The first-order chi connectivity index (χ1) is 14.0. The van der Waals surface area contributed by atoms with E-state index >= 15 is 0 Å². The summed E-state index contributed by atoms with van der Waals surface area (Å²) in [5.41, 5.74) is 1.56. The smallest absolute Gasteiger partial charge is 0.159 e. The van der Waals surface area contributed by atoms with E-state index in [1.165, 1.54) is 19.1 Å². The molecule has 0 spiro atoms.